The van der Waals surface area contributed by atoms with Gasteiger partial charge in [-0.2, -0.15) is 18.4 Å². The first-order valence-electron chi connectivity index (χ1n) is 12.1. The van der Waals surface area contributed by atoms with Crippen molar-refractivity contribution in [2.24, 2.45) is 0 Å². The fraction of sp³-hybridized carbons (Fsp3) is 0.462. The molecule has 7 nitrogen and oxygen atoms in total. The number of nitrogens with one attached hydrogen (secondary N) is 3. The summed E-state index contributed by atoms with van der Waals surface area (Å²) in [5, 5.41) is 18.6. The number of rotatable bonds is 5. The van der Waals surface area contributed by atoms with Crippen LogP contribution in [0.15, 0.2) is 40.1 Å². The van der Waals surface area contributed by atoms with Gasteiger partial charge in [0.05, 0.1) is 34.3 Å². The molecule has 2 aromatic carbocycles. The molecule has 0 radical (unpaired) electrons. The van der Waals surface area contributed by atoms with E-state index in [2.05, 4.69) is 26.9 Å². The number of likely N-dealkylation sites (tertiary alicyclic amines) is 1. The van der Waals surface area contributed by atoms with Crippen LogP contribution in [0.2, 0.25) is 0 Å². The maximum Gasteiger partial charge on any atom is 0.416 e. The van der Waals surface area contributed by atoms with Gasteiger partial charge in [-0.1, -0.05) is 11.8 Å². The van der Waals surface area contributed by atoms with E-state index in [4.69, 9.17) is 4.74 Å². The molecule has 0 saturated carbocycles. The van der Waals surface area contributed by atoms with Gasteiger partial charge in [0.2, 0.25) is 0 Å². The van der Waals surface area contributed by atoms with E-state index in [9.17, 15) is 23.2 Å². The number of alkyl carbamates (subject to hydrolysis) is 1. The molecule has 0 aromatic heterocycles. The first kappa shape index (κ1) is 26.9. The van der Waals surface area contributed by atoms with Crippen LogP contribution in [0.1, 0.15) is 44.7 Å². The topological polar surface area (TPSA) is 89.4 Å². The zero-order chi connectivity index (χ0) is 26.8. The van der Waals surface area contributed by atoms with Crippen molar-refractivity contribution in [1.82, 2.24) is 10.2 Å². The molecule has 198 valence electrons. The third-order valence-corrected chi connectivity index (χ3v) is 7.16. The molecular weight excluding hydrogens is 503 g/mol. The molecule has 2 aliphatic rings. The highest BCUT2D eigenvalue weighted by atomic mass is 32.2. The first-order valence-corrected chi connectivity index (χ1v) is 12.9. The van der Waals surface area contributed by atoms with Crippen LogP contribution in [0, 0.1) is 11.3 Å². The summed E-state index contributed by atoms with van der Waals surface area (Å²) >= 11 is 1.23. The fourth-order valence-corrected chi connectivity index (χ4v) is 5.39. The quantitative estimate of drug-likeness (QED) is 0.361. The summed E-state index contributed by atoms with van der Waals surface area (Å²) in [6.07, 6.45) is -3.42. The van der Waals surface area contributed by atoms with Crippen molar-refractivity contribution in [3.8, 4) is 6.07 Å². The van der Waals surface area contributed by atoms with E-state index in [1.54, 1.807) is 18.2 Å². The summed E-state index contributed by atoms with van der Waals surface area (Å²) < 4.78 is 46.3. The average molecular weight is 534 g/mol. The van der Waals surface area contributed by atoms with Gasteiger partial charge in [0.25, 0.3) is 0 Å². The van der Waals surface area contributed by atoms with Gasteiger partial charge in [-0.3, -0.25) is 0 Å². The van der Waals surface area contributed by atoms with Crippen molar-refractivity contribution in [2.45, 2.75) is 61.2 Å². The summed E-state index contributed by atoms with van der Waals surface area (Å²) in [5.74, 6) is 0. The Hall–Kier alpha value is -3.10. The summed E-state index contributed by atoms with van der Waals surface area (Å²) in [7, 11) is 0. The number of hydrogen-bond donors (Lipinski definition) is 3. The van der Waals surface area contributed by atoms with Gasteiger partial charge in [0.1, 0.15) is 5.60 Å². The van der Waals surface area contributed by atoms with Crippen LogP contribution < -0.4 is 16.0 Å². The number of carbonyl (C=O) groups is 1. The molecule has 1 saturated heterocycles. The Balaban J connectivity index is 1.40. The van der Waals surface area contributed by atoms with Crippen LogP contribution in [-0.2, 0) is 10.9 Å². The molecule has 0 aliphatic carbocycles. The Bertz CT molecular complexity index is 1200. The van der Waals surface area contributed by atoms with Crippen LogP contribution in [0.3, 0.4) is 0 Å². The van der Waals surface area contributed by atoms with Crippen LogP contribution in [0.25, 0.3) is 0 Å². The largest absolute Gasteiger partial charge is 0.444 e. The van der Waals surface area contributed by atoms with Gasteiger partial charge in [-0.15, -0.1) is 0 Å². The highest BCUT2D eigenvalue weighted by molar-refractivity contribution is 7.99. The summed E-state index contributed by atoms with van der Waals surface area (Å²) in [5.41, 5.74) is 0.970. The van der Waals surface area contributed by atoms with Crippen LogP contribution in [0.4, 0.5) is 35.0 Å². The van der Waals surface area contributed by atoms with Gasteiger partial charge < -0.3 is 25.6 Å². The smallest absolute Gasteiger partial charge is 0.416 e. The number of amides is 1. The van der Waals surface area contributed by atoms with E-state index in [0.717, 1.165) is 43.8 Å². The van der Waals surface area contributed by atoms with Gasteiger partial charge >= 0.3 is 12.3 Å². The van der Waals surface area contributed by atoms with Crippen molar-refractivity contribution >= 4 is 34.9 Å². The van der Waals surface area contributed by atoms with E-state index in [-0.39, 0.29) is 6.04 Å². The number of nitriles is 1. The number of hydrogen-bond acceptors (Lipinski definition) is 7. The Morgan fingerprint density at radius 3 is 2.57 bits per heavy atom. The lowest BCUT2D eigenvalue weighted by atomic mass is 10.0. The van der Waals surface area contributed by atoms with Crippen molar-refractivity contribution in [2.75, 3.05) is 36.8 Å². The number of alkyl halides is 3. The van der Waals surface area contributed by atoms with E-state index in [0.29, 0.717) is 39.8 Å². The zero-order valence-electron chi connectivity index (χ0n) is 21.0. The van der Waals surface area contributed by atoms with Crippen molar-refractivity contribution in [3.63, 3.8) is 0 Å². The lowest BCUT2D eigenvalue weighted by Gasteiger charge is -2.34. The van der Waals surface area contributed by atoms with Gasteiger partial charge in [-0.25, -0.2) is 4.79 Å². The van der Waals surface area contributed by atoms with Gasteiger partial charge in [-0.05, 0) is 63.9 Å². The predicted molar refractivity (Wildman–Crippen MR) is 137 cm³/mol. The molecule has 0 bridgehead atoms. The van der Waals surface area contributed by atoms with Crippen molar-refractivity contribution in [3.05, 3.63) is 41.5 Å². The second-order valence-corrected chi connectivity index (χ2v) is 11.2. The van der Waals surface area contributed by atoms with E-state index < -0.39 is 23.4 Å². The second-order valence-electron chi connectivity index (χ2n) is 10.1. The van der Waals surface area contributed by atoms with Crippen molar-refractivity contribution < 1.29 is 22.7 Å². The molecular formula is C26H30F3N5O2S. The normalized spacial score (nSPS) is 16.1. The third-order valence-electron chi connectivity index (χ3n) is 6.06. The van der Waals surface area contributed by atoms with Crippen LogP contribution in [0.5, 0.6) is 0 Å². The minimum atomic E-state index is -4.48. The molecule has 2 aromatic rings. The van der Waals surface area contributed by atoms with Gasteiger partial charge in [0, 0.05) is 42.0 Å². The predicted octanol–water partition coefficient (Wildman–Crippen LogP) is 6.19. The fourth-order valence-electron chi connectivity index (χ4n) is 4.29. The monoisotopic (exact) mass is 533 g/mol. The third kappa shape index (κ3) is 7.02. The summed E-state index contributed by atoms with van der Waals surface area (Å²) in [6.45, 7) is 8.08. The van der Waals surface area contributed by atoms with E-state index in [1.807, 2.05) is 20.8 Å². The first-order chi connectivity index (χ1) is 17.4. The van der Waals surface area contributed by atoms with Crippen LogP contribution in [-0.4, -0.2) is 48.8 Å². The van der Waals surface area contributed by atoms with Gasteiger partial charge in [0.15, 0.2) is 0 Å². The molecule has 1 fully saturated rings. The summed E-state index contributed by atoms with van der Waals surface area (Å²) in [6, 6.07) is 9.53. The highest BCUT2D eigenvalue weighted by Crippen LogP contribution is 2.50. The Morgan fingerprint density at radius 1 is 1.19 bits per heavy atom. The molecule has 0 spiro atoms. The number of fused-ring (bicyclic) bond motifs is 2. The molecule has 2 heterocycles. The highest BCUT2D eigenvalue weighted by Gasteiger charge is 2.34. The van der Waals surface area contributed by atoms with Crippen LogP contribution >= 0.6 is 11.8 Å². The average Bonchev–Trinajstić information content (AvgIpc) is 2.81. The van der Waals surface area contributed by atoms with E-state index in [1.165, 1.54) is 11.8 Å². The summed E-state index contributed by atoms with van der Waals surface area (Å²) in [4.78, 5) is 15.2. The maximum atomic E-state index is 13.7. The Labute approximate surface area is 218 Å². The SMILES string of the molecule is CC(C)(C)OC(=O)NCCN1CCC(Nc2cc(C(F)(F)F)cc3c2Nc2ccc(C#N)cc2S3)CC1. The Morgan fingerprint density at radius 2 is 1.92 bits per heavy atom. The van der Waals surface area contributed by atoms with Crippen molar-refractivity contribution in [1.29, 1.82) is 5.26 Å². The minimum absolute atomic E-state index is 0.0109. The number of benzene rings is 2. The number of anilines is 3. The number of piperidine rings is 1. The lowest BCUT2D eigenvalue weighted by Crippen LogP contribution is -2.43. The van der Waals surface area contributed by atoms with E-state index >= 15 is 0 Å². The molecule has 1 amide bonds. The molecule has 11 heteroatoms. The molecule has 4 rings (SSSR count). The second kappa shape index (κ2) is 10.7. The number of ether oxygens (including phenoxy) is 1. The number of halogens is 3. The standard InChI is InChI=1S/C26H30F3N5O2S/c1-25(2,3)36-24(35)31-8-11-34-9-6-18(7-10-34)32-20-13-17(26(27,28)29)14-22-23(20)33-19-5-4-16(15-30)12-21(19)37-22/h4-5,12-14,18,32-33H,6-11H2,1-3H3,(H,31,35). The maximum absolute atomic E-state index is 13.7. The number of nitrogens with zero attached hydrogens (tertiary/aromatic N) is 2. The molecule has 37 heavy (non-hydrogen) atoms. The lowest BCUT2D eigenvalue weighted by molar-refractivity contribution is -0.137. The number of carbonyl (C=O) groups excluding carboxylic acids is 1. The Kier molecular flexibility index (Phi) is 7.80. The minimum Gasteiger partial charge on any atom is -0.444 e. The molecule has 3 N–H and O–H groups in total. The molecule has 0 unspecified atom stereocenters. The molecule has 2 aliphatic heterocycles. The molecule has 0 atom stereocenters. The zero-order valence-corrected chi connectivity index (χ0v) is 21.8.